The van der Waals surface area contributed by atoms with E-state index in [2.05, 4.69) is 43.2 Å². The van der Waals surface area contributed by atoms with Gasteiger partial charge in [0.15, 0.2) is 0 Å². The van der Waals surface area contributed by atoms with Gasteiger partial charge in [0.05, 0.1) is 5.69 Å². The third-order valence-corrected chi connectivity index (χ3v) is 4.59. The summed E-state index contributed by atoms with van der Waals surface area (Å²) < 4.78 is 1.57. The van der Waals surface area contributed by atoms with Crippen LogP contribution in [0.2, 0.25) is 0 Å². The Balaban J connectivity index is 2.26. The van der Waals surface area contributed by atoms with Crippen LogP contribution in [0.1, 0.15) is 47.4 Å². The molecule has 1 unspecified atom stereocenters. The molecule has 2 N–H and O–H groups in total. The van der Waals surface area contributed by atoms with Gasteiger partial charge in [-0.3, -0.25) is 9.48 Å². The molecule has 2 aromatic rings. The molecule has 130 valence electrons. The molecule has 0 fully saturated rings. The van der Waals surface area contributed by atoms with Crippen LogP contribution < -0.4 is 5.73 Å². The molecular weight excluding hydrogens is 300 g/mol. The van der Waals surface area contributed by atoms with Crippen molar-refractivity contribution in [2.75, 3.05) is 12.3 Å². The monoisotopic (exact) mass is 328 g/mol. The lowest BCUT2D eigenvalue weighted by molar-refractivity contribution is 0.0684. The minimum absolute atomic E-state index is 0.0282. The van der Waals surface area contributed by atoms with Gasteiger partial charge in [0.1, 0.15) is 11.4 Å². The van der Waals surface area contributed by atoms with E-state index in [0.717, 1.165) is 12.8 Å². The largest absolute Gasteiger partial charge is 0.383 e. The number of nitrogens with two attached hydrogens (primary N) is 1. The molecule has 0 aliphatic heterocycles. The van der Waals surface area contributed by atoms with Crippen molar-refractivity contribution in [3.8, 4) is 0 Å². The van der Waals surface area contributed by atoms with E-state index in [-0.39, 0.29) is 11.9 Å². The first-order valence-electron chi connectivity index (χ1n) is 8.54. The molecule has 0 spiro atoms. The van der Waals surface area contributed by atoms with Gasteiger partial charge in [-0.1, -0.05) is 36.8 Å². The Labute approximate surface area is 144 Å². The van der Waals surface area contributed by atoms with Crippen LogP contribution in [0.5, 0.6) is 0 Å². The molecule has 5 heteroatoms. The zero-order valence-corrected chi connectivity index (χ0v) is 15.3. The van der Waals surface area contributed by atoms with Crippen molar-refractivity contribution < 1.29 is 4.79 Å². The summed E-state index contributed by atoms with van der Waals surface area (Å²) in [7, 11) is 1.76. The van der Waals surface area contributed by atoms with Gasteiger partial charge in [-0.25, -0.2) is 0 Å². The predicted molar refractivity (Wildman–Crippen MR) is 98.0 cm³/mol. The van der Waals surface area contributed by atoms with Gasteiger partial charge in [0.25, 0.3) is 5.91 Å². The number of carbonyl (C=O) groups is 1. The lowest BCUT2D eigenvalue weighted by Crippen LogP contribution is -2.41. The Kier molecular flexibility index (Phi) is 5.65. The molecule has 1 atom stereocenters. The molecule has 0 aliphatic carbocycles. The molecule has 5 nitrogen and oxygen atoms in total. The van der Waals surface area contributed by atoms with E-state index >= 15 is 0 Å². The number of benzene rings is 1. The second-order valence-electron chi connectivity index (χ2n) is 6.31. The average molecular weight is 328 g/mol. The van der Waals surface area contributed by atoms with Crippen LogP contribution in [0.3, 0.4) is 0 Å². The topological polar surface area (TPSA) is 64.2 Å². The fourth-order valence-electron chi connectivity index (χ4n) is 3.12. The summed E-state index contributed by atoms with van der Waals surface area (Å²) in [6, 6.07) is 8.65. The molecule has 1 aromatic heterocycles. The highest BCUT2D eigenvalue weighted by atomic mass is 16.2. The molecule has 0 saturated heterocycles. The molecule has 2 rings (SSSR count). The minimum Gasteiger partial charge on any atom is -0.383 e. The SMILES string of the molecule is CCC(Cc1ccc(C)cc1)N(CC)C(=O)c1c(C)nn(C)c1N. The van der Waals surface area contributed by atoms with Crippen LogP contribution in [-0.2, 0) is 13.5 Å². The Morgan fingerprint density at radius 1 is 1.25 bits per heavy atom. The first-order valence-corrected chi connectivity index (χ1v) is 8.54. The average Bonchev–Trinajstić information content (AvgIpc) is 2.81. The normalized spacial score (nSPS) is 12.2. The number of hydrogen-bond acceptors (Lipinski definition) is 3. The van der Waals surface area contributed by atoms with Crippen molar-refractivity contribution in [3.05, 3.63) is 46.6 Å². The zero-order chi connectivity index (χ0) is 17.9. The summed E-state index contributed by atoms with van der Waals surface area (Å²) in [5.74, 6) is 0.403. The maximum absolute atomic E-state index is 13.1. The Morgan fingerprint density at radius 2 is 1.88 bits per heavy atom. The van der Waals surface area contributed by atoms with Crippen LogP contribution in [0, 0.1) is 13.8 Å². The number of aryl methyl sites for hydroxylation is 3. The summed E-state index contributed by atoms with van der Waals surface area (Å²) in [4.78, 5) is 15.0. The smallest absolute Gasteiger partial charge is 0.259 e. The highest BCUT2D eigenvalue weighted by Gasteiger charge is 2.27. The van der Waals surface area contributed by atoms with Gasteiger partial charge in [-0.2, -0.15) is 5.10 Å². The number of hydrogen-bond donors (Lipinski definition) is 1. The second kappa shape index (κ2) is 7.51. The number of likely N-dealkylation sites (N-methyl/N-ethyl adjacent to an activating group) is 1. The number of anilines is 1. The molecule has 0 saturated carbocycles. The van der Waals surface area contributed by atoms with Gasteiger partial charge >= 0.3 is 0 Å². The van der Waals surface area contributed by atoms with Crippen molar-refractivity contribution >= 4 is 11.7 Å². The quantitative estimate of drug-likeness (QED) is 0.886. The van der Waals surface area contributed by atoms with E-state index in [1.54, 1.807) is 11.7 Å². The highest BCUT2D eigenvalue weighted by molar-refractivity contribution is 5.99. The van der Waals surface area contributed by atoms with Crippen molar-refractivity contribution in [1.29, 1.82) is 0 Å². The van der Waals surface area contributed by atoms with Crippen LogP contribution in [0.25, 0.3) is 0 Å². The summed E-state index contributed by atoms with van der Waals surface area (Å²) in [6.45, 7) is 8.69. The lowest BCUT2D eigenvalue weighted by Gasteiger charge is -2.30. The Morgan fingerprint density at radius 3 is 2.33 bits per heavy atom. The van der Waals surface area contributed by atoms with E-state index in [1.807, 2.05) is 18.7 Å². The van der Waals surface area contributed by atoms with Gasteiger partial charge in [-0.15, -0.1) is 0 Å². The molecule has 0 aliphatic rings. The highest BCUT2D eigenvalue weighted by Crippen LogP contribution is 2.21. The zero-order valence-electron chi connectivity index (χ0n) is 15.3. The summed E-state index contributed by atoms with van der Waals surface area (Å²) >= 11 is 0. The maximum Gasteiger partial charge on any atom is 0.259 e. The number of amides is 1. The predicted octanol–water partition coefficient (Wildman–Crippen LogP) is 3.10. The molecule has 1 amide bonds. The summed E-state index contributed by atoms with van der Waals surface area (Å²) in [5, 5.41) is 4.27. The number of carbonyl (C=O) groups excluding carboxylic acids is 1. The standard InChI is InChI=1S/C19H28N4O/c1-6-16(12-15-10-8-13(3)9-11-15)23(7-2)19(24)17-14(4)21-22(5)18(17)20/h8-11,16H,6-7,12,20H2,1-5H3. The number of rotatable bonds is 6. The van der Waals surface area contributed by atoms with Crippen LogP contribution in [-0.4, -0.2) is 33.2 Å². The number of nitrogens with zero attached hydrogens (tertiary/aromatic N) is 3. The summed E-state index contributed by atoms with van der Waals surface area (Å²) in [6.07, 6.45) is 1.74. The van der Waals surface area contributed by atoms with Crippen molar-refractivity contribution in [3.63, 3.8) is 0 Å². The maximum atomic E-state index is 13.1. The fraction of sp³-hybridized carbons (Fsp3) is 0.474. The van der Waals surface area contributed by atoms with Gasteiger partial charge < -0.3 is 10.6 Å². The number of aromatic nitrogens is 2. The van der Waals surface area contributed by atoms with E-state index < -0.39 is 0 Å². The second-order valence-corrected chi connectivity index (χ2v) is 6.31. The first kappa shape index (κ1) is 18.0. The molecule has 0 radical (unpaired) electrons. The van der Waals surface area contributed by atoms with Crippen LogP contribution in [0.4, 0.5) is 5.82 Å². The first-order chi connectivity index (χ1) is 11.4. The van der Waals surface area contributed by atoms with E-state index in [9.17, 15) is 4.79 Å². The molecule has 24 heavy (non-hydrogen) atoms. The molecular formula is C19H28N4O. The Hall–Kier alpha value is -2.30. The third-order valence-electron chi connectivity index (χ3n) is 4.59. The van der Waals surface area contributed by atoms with E-state index in [0.29, 0.717) is 23.6 Å². The molecule has 1 aromatic carbocycles. The summed E-state index contributed by atoms with van der Waals surface area (Å²) in [5.41, 5.74) is 9.76. The van der Waals surface area contributed by atoms with E-state index in [1.165, 1.54) is 11.1 Å². The van der Waals surface area contributed by atoms with E-state index in [4.69, 9.17) is 5.73 Å². The molecule has 0 bridgehead atoms. The fourth-order valence-corrected chi connectivity index (χ4v) is 3.12. The van der Waals surface area contributed by atoms with Crippen LogP contribution in [0.15, 0.2) is 24.3 Å². The van der Waals surface area contributed by atoms with Gasteiger partial charge in [-0.05, 0) is 39.2 Å². The van der Waals surface area contributed by atoms with Crippen molar-refractivity contribution in [1.82, 2.24) is 14.7 Å². The van der Waals surface area contributed by atoms with Crippen LogP contribution >= 0.6 is 0 Å². The lowest BCUT2D eigenvalue weighted by atomic mass is 10.0. The van der Waals surface area contributed by atoms with Crippen molar-refractivity contribution in [2.45, 2.75) is 46.6 Å². The Bertz CT molecular complexity index is 703. The minimum atomic E-state index is -0.0282. The van der Waals surface area contributed by atoms with Gasteiger partial charge in [0.2, 0.25) is 0 Å². The van der Waals surface area contributed by atoms with Gasteiger partial charge in [0, 0.05) is 19.6 Å². The molecule has 1 heterocycles. The van der Waals surface area contributed by atoms with Crippen molar-refractivity contribution in [2.24, 2.45) is 7.05 Å². The third kappa shape index (κ3) is 3.61. The number of nitrogen functional groups attached to an aromatic ring is 1.